The van der Waals surface area contributed by atoms with Gasteiger partial charge in [0.2, 0.25) is 8.32 Å². The third-order valence-electron chi connectivity index (χ3n) is 4.60. The van der Waals surface area contributed by atoms with Crippen molar-refractivity contribution in [3.8, 4) is 0 Å². The van der Waals surface area contributed by atoms with E-state index >= 15 is 0 Å². The summed E-state index contributed by atoms with van der Waals surface area (Å²) in [5.41, 5.74) is 1.78. The van der Waals surface area contributed by atoms with Crippen LogP contribution in [0.15, 0.2) is 36.9 Å². The predicted octanol–water partition coefficient (Wildman–Crippen LogP) is 5.01. The summed E-state index contributed by atoms with van der Waals surface area (Å²) in [6.07, 6.45) is 0. The minimum atomic E-state index is -2.00. The normalized spacial score (nSPS) is 12.1. The van der Waals surface area contributed by atoms with Gasteiger partial charge in [-0.15, -0.1) is 0 Å². The molecule has 0 unspecified atom stereocenters. The molecule has 0 aliphatic carbocycles. The Morgan fingerprint density at radius 1 is 1.17 bits per heavy atom. The van der Waals surface area contributed by atoms with Crippen molar-refractivity contribution in [3.05, 3.63) is 48.2 Å². The van der Waals surface area contributed by atoms with E-state index in [1.165, 1.54) is 7.11 Å². The number of carbonyl (C=O) groups is 1. The molecule has 0 N–H and O–H groups in total. The maximum Gasteiger partial charge on any atom is 0.356 e. The first kappa shape index (κ1) is 18.2. The highest BCUT2D eigenvalue weighted by molar-refractivity contribution is 6.74. The Labute approximate surface area is 144 Å². The standard InChI is InChI=1S/C19H25NO3Si/c1-13(23-24(6,7)19(2,3)4)15-10-8-9-14-11-12-16(18(21)22-5)20-17(14)15/h8-12H,1H2,2-7H3. The van der Waals surface area contributed by atoms with E-state index < -0.39 is 14.3 Å². The van der Waals surface area contributed by atoms with E-state index in [9.17, 15) is 4.79 Å². The molecule has 2 rings (SSSR count). The van der Waals surface area contributed by atoms with Crippen LogP contribution in [0.2, 0.25) is 18.1 Å². The Kier molecular flexibility index (Phi) is 4.85. The highest BCUT2D eigenvalue weighted by atomic mass is 28.4. The lowest BCUT2D eigenvalue weighted by Gasteiger charge is -2.37. The first-order valence-electron chi connectivity index (χ1n) is 7.93. The molecule has 128 valence electrons. The van der Waals surface area contributed by atoms with Crippen molar-refractivity contribution in [1.82, 2.24) is 4.98 Å². The Bertz CT molecular complexity index is 791. The molecule has 0 aliphatic rings. The van der Waals surface area contributed by atoms with Gasteiger partial charge in [-0.1, -0.05) is 45.5 Å². The van der Waals surface area contributed by atoms with Gasteiger partial charge in [-0.3, -0.25) is 0 Å². The van der Waals surface area contributed by atoms with Crippen LogP contribution in [-0.4, -0.2) is 26.4 Å². The molecule has 0 bridgehead atoms. The van der Waals surface area contributed by atoms with Crippen LogP contribution in [0.3, 0.4) is 0 Å². The molecule has 5 heteroatoms. The number of hydrogen-bond donors (Lipinski definition) is 0. The number of pyridine rings is 1. The molecule has 2 aromatic rings. The van der Waals surface area contributed by atoms with Gasteiger partial charge in [0.15, 0.2) is 0 Å². The zero-order valence-electron chi connectivity index (χ0n) is 15.3. The fourth-order valence-corrected chi connectivity index (χ4v) is 3.14. The van der Waals surface area contributed by atoms with Gasteiger partial charge >= 0.3 is 5.97 Å². The van der Waals surface area contributed by atoms with E-state index in [4.69, 9.17) is 9.16 Å². The average Bonchev–Trinajstić information content (AvgIpc) is 2.51. The van der Waals surface area contributed by atoms with Crippen LogP contribution in [0.4, 0.5) is 0 Å². The lowest BCUT2D eigenvalue weighted by atomic mass is 10.1. The summed E-state index contributed by atoms with van der Waals surface area (Å²) in [4.78, 5) is 16.2. The van der Waals surface area contributed by atoms with Crippen molar-refractivity contribution in [2.24, 2.45) is 0 Å². The number of hydrogen-bond acceptors (Lipinski definition) is 4. The molecule has 0 fully saturated rings. The minimum Gasteiger partial charge on any atom is -0.543 e. The summed E-state index contributed by atoms with van der Waals surface area (Å²) >= 11 is 0. The summed E-state index contributed by atoms with van der Waals surface area (Å²) in [6.45, 7) is 15.0. The number of esters is 1. The maximum absolute atomic E-state index is 11.8. The summed E-state index contributed by atoms with van der Waals surface area (Å²) < 4.78 is 11.1. The van der Waals surface area contributed by atoms with Crippen LogP contribution in [0.1, 0.15) is 36.8 Å². The zero-order valence-corrected chi connectivity index (χ0v) is 16.3. The molecule has 0 spiro atoms. The summed E-state index contributed by atoms with van der Waals surface area (Å²) in [5, 5.41) is 1.01. The van der Waals surface area contributed by atoms with Gasteiger partial charge in [-0.2, -0.15) is 0 Å². The van der Waals surface area contributed by atoms with E-state index in [1.54, 1.807) is 6.07 Å². The molecule has 0 amide bonds. The van der Waals surface area contributed by atoms with E-state index in [2.05, 4.69) is 45.4 Å². The fraction of sp³-hybridized carbons (Fsp3) is 0.368. The number of methoxy groups -OCH3 is 1. The molecule has 0 aliphatic heterocycles. The lowest BCUT2D eigenvalue weighted by Crippen LogP contribution is -2.40. The largest absolute Gasteiger partial charge is 0.543 e. The monoisotopic (exact) mass is 343 g/mol. The quantitative estimate of drug-likeness (QED) is 0.444. The van der Waals surface area contributed by atoms with Crippen molar-refractivity contribution in [3.63, 3.8) is 0 Å². The van der Waals surface area contributed by atoms with Crippen LogP contribution < -0.4 is 0 Å². The number of carbonyl (C=O) groups excluding carboxylic acids is 1. The number of nitrogens with zero attached hydrogens (tertiary/aromatic N) is 1. The third-order valence-corrected chi connectivity index (χ3v) is 8.97. The van der Waals surface area contributed by atoms with Gasteiger partial charge in [0.05, 0.1) is 12.6 Å². The summed E-state index contributed by atoms with van der Waals surface area (Å²) in [5.74, 6) is 0.143. The Hall–Kier alpha value is -2.14. The topological polar surface area (TPSA) is 48.4 Å². The molecule has 0 saturated carbocycles. The molecule has 1 aromatic heterocycles. The lowest BCUT2D eigenvalue weighted by molar-refractivity contribution is 0.0594. The van der Waals surface area contributed by atoms with Gasteiger partial charge in [-0.25, -0.2) is 9.78 Å². The number of benzene rings is 1. The Morgan fingerprint density at radius 2 is 1.83 bits per heavy atom. The predicted molar refractivity (Wildman–Crippen MR) is 100 cm³/mol. The molecular formula is C19H25NO3Si. The Morgan fingerprint density at radius 3 is 2.42 bits per heavy atom. The zero-order chi connectivity index (χ0) is 18.1. The minimum absolute atomic E-state index is 0.0745. The second-order valence-corrected chi connectivity index (χ2v) is 12.1. The second-order valence-electron chi connectivity index (χ2n) is 7.35. The molecule has 0 atom stereocenters. The fourth-order valence-electron chi connectivity index (χ4n) is 2.11. The van der Waals surface area contributed by atoms with Crippen LogP contribution in [0.25, 0.3) is 16.7 Å². The van der Waals surface area contributed by atoms with Gasteiger partial charge in [-0.05, 0) is 30.3 Å². The third kappa shape index (κ3) is 3.51. The highest BCUT2D eigenvalue weighted by Crippen LogP contribution is 2.39. The smallest absolute Gasteiger partial charge is 0.356 e. The van der Waals surface area contributed by atoms with Gasteiger partial charge < -0.3 is 9.16 Å². The number of fused-ring (bicyclic) bond motifs is 1. The van der Waals surface area contributed by atoms with Crippen LogP contribution in [-0.2, 0) is 9.16 Å². The van der Waals surface area contributed by atoms with Gasteiger partial charge in [0.1, 0.15) is 11.5 Å². The Balaban J connectivity index is 2.48. The molecule has 1 aromatic carbocycles. The first-order valence-corrected chi connectivity index (χ1v) is 10.8. The molecule has 24 heavy (non-hydrogen) atoms. The van der Waals surface area contributed by atoms with E-state index in [1.807, 2.05) is 24.3 Å². The van der Waals surface area contributed by atoms with Crippen LogP contribution in [0, 0.1) is 0 Å². The molecule has 4 nitrogen and oxygen atoms in total. The number of rotatable bonds is 4. The maximum atomic E-state index is 11.8. The number of ether oxygens (including phenoxy) is 1. The molecular weight excluding hydrogens is 318 g/mol. The van der Waals surface area contributed by atoms with E-state index in [0.717, 1.165) is 10.9 Å². The SMILES string of the molecule is C=C(O[Si](C)(C)C(C)(C)C)c1cccc2ccc(C(=O)OC)nc12. The molecule has 0 saturated heterocycles. The number of aromatic nitrogens is 1. The van der Waals surface area contributed by atoms with Crippen molar-refractivity contribution in [2.45, 2.75) is 38.9 Å². The van der Waals surface area contributed by atoms with Gasteiger partial charge in [0.25, 0.3) is 0 Å². The van der Waals surface area contributed by atoms with Crippen molar-refractivity contribution < 1.29 is 14.0 Å². The second kappa shape index (κ2) is 6.40. The van der Waals surface area contributed by atoms with E-state index in [-0.39, 0.29) is 10.7 Å². The van der Waals surface area contributed by atoms with Crippen molar-refractivity contribution >= 4 is 30.9 Å². The number of para-hydroxylation sites is 1. The van der Waals surface area contributed by atoms with E-state index in [0.29, 0.717) is 11.3 Å². The van der Waals surface area contributed by atoms with Gasteiger partial charge in [0, 0.05) is 10.9 Å². The molecule has 0 radical (unpaired) electrons. The summed E-state index contributed by atoms with van der Waals surface area (Å²) in [6, 6.07) is 9.34. The summed E-state index contributed by atoms with van der Waals surface area (Å²) in [7, 11) is -0.653. The van der Waals surface area contributed by atoms with Crippen LogP contribution >= 0.6 is 0 Å². The van der Waals surface area contributed by atoms with Crippen molar-refractivity contribution in [1.29, 1.82) is 0 Å². The van der Waals surface area contributed by atoms with Crippen LogP contribution in [0.5, 0.6) is 0 Å². The first-order chi connectivity index (χ1) is 11.1. The highest BCUT2D eigenvalue weighted by Gasteiger charge is 2.39. The molecule has 1 heterocycles. The average molecular weight is 343 g/mol. The van der Waals surface area contributed by atoms with Crippen molar-refractivity contribution in [2.75, 3.05) is 7.11 Å².